The molecule has 0 aliphatic heterocycles. The van der Waals surface area contributed by atoms with Gasteiger partial charge in [0.25, 0.3) is 5.91 Å². The van der Waals surface area contributed by atoms with E-state index in [2.05, 4.69) is 10.3 Å². The number of nitrogens with zero attached hydrogens (tertiary/aromatic N) is 1. The quantitative estimate of drug-likeness (QED) is 0.693. The van der Waals surface area contributed by atoms with Gasteiger partial charge < -0.3 is 0 Å². The lowest BCUT2D eigenvalue weighted by atomic mass is 10.2. The highest BCUT2D eigenvalue weighted by atomic mass is 35.5. The summed E-state index contributed by atoms with van der Waals surface area (Å²) in [6, 6.07) is 5.38. The smallest absolute Gasteiger partial charge is 0.269 e. The summed E-state index contributed by atoms with van der Waals surface area (Å²) in [7, 11) is 0. The molecule has 0 unspecified atom stereocenters. The van der Waals surface area contributed by atoms with Crippen LogP contribution in [0.4, 0.5) is 5.13 Å². The molecule has 7 heteroatoms. The standard InChI is InChI=1S/C13H8Cl2N2OS2/c1-6-5-16-13(19-6)17-12(18)11-10(15)8-3-2-7(14)4-9(8)20-11/h2-5H,1H3,(H,16,17,18). The SMILES string of the molecule is Cc1cnc(NC(=O)c2sc3cc(Cl)ccc3c2Cl)s1. The minimum absolute atomic E-state index is 0.248. The Bertz CT molecular complexity index is 810. The van der Waals surface area contributed by atoms with Crippen molar-refractivity contribution in [1.29, 1.82) is 0 Å². The van der Waals surface area contributed by atoms with E-state index in [0.29, 0.717) is 20.1 Å². The summed E-state index contributed by atoms with van der Waals surface area (Å²) in [5.74, 6) is -0.248. The Hall–Kier alpha value is -1.14. The third kappa shape index (κ3) is 2.54. The van der Waals surface area contributed by atoms with Crippen LogP contribution in [0.25, 0.3) is 10.1 Å². The largest absolute Gasteiger partial charge is 0.297 e. The molecule has 0 saturated carbocycles. The van der Waals surface area contributed by atoms with Crippen LogP contribution in [0.2, 0.25) is 10.0 Å². The van der Waals surface area contributed by atoms with E-state index in [-0.39, 0.29) is 5.91 Å². The van der Waals surface area contributed by atoms with Gasteiger partial charge in [-0.25, -0.2) is 4.98 Å². The summed E-state index contributed by atoms with van der Waals surface area (Å²) in [5.41, 5.74) is 0. The first kappa shape index (κ1) is 13.8. The molecule has 0 fully saturated rings. The van der Waals surface area contributed by atoms with Crippen LogP contribution < -0.4 is 5.32 Å². The van der Waals surface area contributed by atoms with Gasteiger partial charge in [-0.05, 0) is 19.1 Å². The molecule has 3 nitrogen and oxygen atoms in total. The van der Waals surface area contributed by atoms with Crippen LogP contribution in [0.1, 0.15) is 14.5 Å². The maximum Gasteiger partial charge on any atom is 0.269 e. The number of fused-ring (bicyclic) bond motifs is 1. The summed E-state index contributed by atoms with van der Waals surface area (Å²) < 4.78 is 0.892. The molecule has 0 aliphatic carbocycles. The Morgan fingerprint density at radius 1 is 1.30 bits per heavy atom. The van der Waals surface area contributed by atoms with Crippen LogP contribution in [0.15, 0.2) is 24.4 Å². The molecule has 3 rings (SSSR count). The molecule has 20 heavy (non-hydrogen) atoms. The number of aryl methyl sites for hydroxylation is 1. The lowest BCUT2D eigenvalue weighted by Crippen LogP contribution is -2.10. The first-order valence-electron chi connectivity index (χ1n) is 5.66. The molecule has 0 spiro atoms. The average molecular weight is 343 g/mol. The van der Waals surface area contributed by atoms with Gasteiger partial charge in [0.05, 0.1) is 5.02 Å². The summed E-state index contributed by atoms with van der Waals surface area (Å²) in [4.78, 5) is 17.9. The highest BCUT2D eigenvalue weighted by Crippen LogP contribution is 2.37. The van der Waals surface area contributed by atoms with Gasteiger partial charge >= 0.3 is 0 Å². The molecule has 0 bridgehead atoms. The number of amides is 1. The summed E-state index contributed by atoms with van der Waals surface area (Å²) in [5, 5.41) is 5.23. The van der Waals surface area contributed by atoms with Crippen LogP contribution in [0.3, 0.4) is 0 Å². The number of thiazole rings is 1. The van der Waals surface area contributed by atoms with Gasteiger partial charge in [-0.1, -0.05) is 29.3 Å². The van der Waals surface area contributed by atoms with E-state index >= 15 is 0 Å². The summed E-state index contributed by atoms with van der Waals surface area (Å²) >= 11 is 15.0. The minimum Gasteiger partial charge on any atom is -0.297 e. The third-order valence-electron chi connectivity index (χ3n) is 2.64. The summed E-state index contributed by atoms with van der Waals surface area (Å²) in [6.45, 7) is 1.93. The molecule has 1 N–H and O–H groups in total. The number of hydrogen-bond acceptors (Lipinski definition) is 4. The number of aromatic nitrogens is 1. The monoisotopic (exact) mass is 342 g/mol. The number of anilines is 1. The van der Waals surface area contributed by atoms with E-state index in [1.54, 1.807) is 18.3 Å². The van der Waals surface area contributed by atoms with Gasteiger partial charge in [-0.2, -0.15) is 0 Å². The average Bonchev–Trinajstić information content (AvgIpc) is 2.94. The fourth-order valence-electron chi connectivity index (χ4n) is 1.75. The van der Waals surface area contributed by atoms with Crippen LogP contribution in [0.5, 0.6) is 0 Å². The molecule has 0 atom stereocenters. The van der Waals surface area contributed by atoms with Crippen molar-refractivity contribution in [2.45, 2.75) is 6.92 Å². The predicted octanol–water partition coefficient (Wildman–Crippen LogP) is 5.23. The van der Waals surface area contributed by atoms with Crippen molar-refractivity contribution in [3.05, 3.63) is 44.2 Å². The van der Waals surface area contributed by atoms with E-state index < -0.39 is 0 Å². The Kier molecular flexibility index (Phi) is 3.69. The predicted molar refractivity (Wildman–Crippen MR) is 86.6 cm³/mol. The van der Waals surface area contributed by atoms with Gasteiger partial charge in [0.2, 0.25) is 0 Å². The van der Waals surface area contributed by atoms with E-state index in [0.717, 1.165) is 15.0 Å². The highest BCUT2D eigenvalue weighted by Gasteiger charge is 2.18. The number of carbonyl (C=O) groups excluding carboxylic acids is 1. The second-order valence-electron chi connectivity index (χ2n) is 4.12. The molecule has 1 amide bonds. The van der Waals surface area contributed by atoms with E-state index in [9.17, 15) is 4.79 Å². The van der Waals surface area contributed by atoms with Crippen LogP contribution in [-0.4, -0.2) is 10.9 Å². The fraction of sp³-hybridized carbons (Fsp3) is 0.0769. The Balaban J connectivity index is 1.97. The second kappa shape index (κ2) is 5.33. The molecule has 2 heterocycles. The minimum atomic E-state index is -0.248. The van der Waals surface area contributed by atoms with Crippen molar-refractivity contribution < 1.29 is 4.79 Å². The number of nitrogens with one attached hydrogen (secondary N) is 1. The maximum absolute atomic E-state index is 12.2. The topological polar surface area (TPSA) is 42.0 Å². The third-order valence-corrected chi connectivity index (χ3v) is 5.36. The molecule has 1 aromatic carbocycles. The molecule has 0 saturated heterocycles. The van der Waals surface area contributed by atoms with Crippen LogP contribution >= 0.6 is 45.9 Å². The van der Waals surface area contributed by atoms with Gasteiger partial charge in [-0.3, -0.25) is 10.1 Å². The van der Waals surface area contributed by atoms with Crippen molar-refractivity contribution in [2.24, 2.45) is 0 Å². The van der Waals surface area contributed by atoms with E-state index in [4.69, 9.17) is 23.2 Å². The molecule has 0 radical (unpaired) electrons. The van der Waals surface area contributed by atoms with Gasteiger partial charge in [-0.15, -0.1) is 22.7 Å². The Labute approximate surface area is 133 Å². The van der Waals surface area contributed by atoms with Gasteiger partial charge in [0.15, 0.2) is 5.13 Å². The maximum atomic E-state index is 12.2. The first-order chi connectivity index (χ1) is 9.54. The Morgan fingerprint density at radius 3 is 2.80 bits per heavy atom. The van der Waals surface area contributed by atoms with Crippen LogP contribution in [-0.2, 0) is 0 Å². The van der Waals surface area contributed by atoms with E-state index in [1.165, 1.54) is 22.7 Å². The Morgan fingerprint density at radius 2 is 2.10 bits per heavy atom. The molecule has 102 valence electrons. The molecule has 2 aromatic heterocycles. The van der Waals surface area contributed by atoms with Gasteiger partial charge in [0, 0.05) is 26.2 Å². The van der Waals surface area contributed by atoms with Crippen molar-refractivity contribution in [1.82, 2.24) is 4.98 Å². The van der Waals surface area contributed by atoms with Crippen LogP contribution in [0, 0.1) is 6.92 Å². The lowest BCUT2D eigenvalue weighted by molar-refractivity contribution is 0.103. The zero-order valence-electron chi connectivity index (χ0n) is 10.2. The van der Waals surface area contributed by atoms with Gasteiger partial charge in [0.1, 0.15) is 4.88 Å². The fourth-order valence-corrected chi connectivity index (χ4v) is 4.10. The first-order valence-corrected chi connectivity index (χ1v) is 8.05. The summed E-state index contributed by atoms with van der Waals surface area (Å²) in [6.07, 6.45) is 1.71. The van der Waals surface area contributed by atoms with Crippen molar-refractivity contribution in [3.63, 3.8) is 0 Å². The molecule has 3 aromatic rings. The second-order valence-corrected chi connectivity index (χ2v) is 7.22. The number of rotatable bonds is 2. The number of carbonyl (C=O) groups is 1. The van der Waals surface area contributed by atoms with E-state index in [1.807, 2.05) is 13.0 Å². The lowest BCUT2D eigenvalue weighted by Gasteiger charge is -1.98. The molecular weight excluding hydrogens is 335 g/mol. The molecular formula is C13H8Cl2N2OS2. The number of thiophene rings is 1. The van der Waals surface area contributed by atoms with Crippen molar-refractivity contribution >= 4 is 67.0 Å². The zero-order valence-corrected chi connectivity index (χ0v) is 13.4. The number of benzene rings is 1. The molecule has 0 aliphatic rings. The zero-order chi connectivity index (χ0) is 14.3. The highest BCUT2D eigenvalue weighted by molar-refractivity contribution is 7.22. The normalized spacial score (nSPS) is 10.9. The number of halogens is 2. The van der Waals surface area contributed by atoms with Crippen molar-refractivity contribution in [3.8, 4) is 0 Å². The van der Waals surface area contributed by atoms with Crippen molar-refractivity contribution in [2.75, 3.05) is 5.32 Å². The number of hydrogen-bond donors (Lipinski definition) is 1.